The minimum absolute atomic E-state index is 0.269. The molecule has 0 radical (unpaired) electrons. The van der Waals surface area contributed by atoms with Crippen LogP contribution in [0.1, 0.15) is 19.8 Å². The van der Waals surface area contributed by atoms with Crippen LogP contribution >= 0.6 is 0 Å². The number of carboxylic acid groups (broad SMARTS) is 1. The van der Waals surface area contributed by atoms with E-state index in [0.717, 1.165) is 19.4 Å². The fourth-order valence-electron chi connectivity index (χ4n) is 1.04. The number of ether oxygens (including phenoxy) is 1. The van der Waals surface area contributed by atoms with Crippen LogP contribution in [0.3, 0.4) is 0 Å². The Labute approximate surface area is 82.4 Å². The highest BCUT2D eigenvalue weighted by atomic mass is 16.5. The molecule has 0 saturated carbocycles. The van der Waals surface area contributed by atoms with Crippen molar-refractivity contribution in [3.8, 4) is 0 Å². The minimum atomic E-state index is -0.720. The molecule has 0 bridgehead atoms. The fourth-order valence-corrected chi connectivity index (χ4v) is 1.04. The molecule has 6 nitrogen and oxygen atoms in total. The van der Waals surface area contributed by atoms with Crippen LogP contribution in [0.2, 0.25) is 0 Å². The van der Waals surface area contributed by atoms with E-state index in [1.165, 1.54) is 0 Å². The van der Waals surface area contributed by atoms with Crippen molar-refractivity contribution in [1.82, 2.24) is 5.32 Å². The maximum absolute atomic E-state index is 10.1. The third-order valence-corrected chi connectivity index (χ3v) is 1.65. The Bertz CT molecular complexity index is 190. The highest BCUT2D eigenvalue weighted by molar-refractivity contribution is 5.73. The Balaban J connectivity index is 0.000000255. The van der Waals surface area contributed by atoms with Gasteiger partial charge in [-0.3, -0.25) is 4.79 Å². The first-order valence-electron chi connectivity index (χ1n) is 4.46. The Kier molecular flexibility index (Phi) is 6.47. The third-order valence-electron chi connectivity index (χ3n) is 1.65. The second kappa shape index (κ2) is 7.14. The first kappa shape index (κ1) is 12.7. The number of amides is 1. The van der Waals surface area contributed by atoms with Crippen LogP contribution in [0, 0.1) is 0 Å². The molecule has 0 aromatic heterocycles. The maximum atomic E-state index is 10.1. The van der Waals surface area contributed by atoms with Gasteiger partial charge in [0.2, 0.25) is 0 Å². The van der Waals surface area contributed by atoms with Gasteiger partial charge in [0, 0.05) is 0 Å². The molecule has 0 aromatic rings. The van der Waals surface area contributed by atoms with Crippen molar-refractivity contribution in [3.05, 3.63) is 0 Å². The number of hydrogen-bond donors (Lipinski definition) is 3. The molecule has 1 aliphatic rings. The largest absolute Gasteiger partial charge is 0.480 e. The van der Waals surface area contributed by atoms with Gasteiger partial charge < -0.3 is 20.9 Å². The van der Waals surface area contributed by atoms with Crippen LogP contribution in [0.4, 0.5) is 4.79 Å². The molecule has 4 N–H and O–H groups in total. The van der Waals surface area contributed by atoms with E-state index in [4.69, 9.17) is 5.11 Å². The normalized spacial score (nSPS) is 19.4. The van der Waals surface area contributed by atoms with Crippen LogP contribution < -0.4 is 11.1 Å². The van der Waals surface area contributed by atoms with Gasteiger partial charge >= 0.3 is 12.1 Å². The summed E-state index contributed by atoms with van der Waals surface area (Å²) in [5.74, 6) is -0.720. The molecule has 14 heavy (non-hydrogen) atoms. The number of primary amides is 1. The molecule has 1 aliphatic heterocycles. The number of aliphatic carboxylic acids is 1. The van der Waals surface area contributed by atoms with Crippen molar-refractivity contribution in [2.24, 2.45) is 5.73 Å². The molecule has 1 saturated heterocycles. The van der Waals surface area contributed by atoms with Crippen LogP contribution in [-0.4, -0.2) is 36.4 Å². The summed E-state index contributed by atoms with van der Waals surface area (Å²) >= 11 is 0. The van der Waals surface area contributed by atoms with Crippen LogP contribution in [0.5, 0.6) is 0 Å². The lowest BCUT2D eigenvalue weighted by atomic mass is 10.2. The highest BCUT2D eigenvalue weighted by Crippen LogP contribution is 2.03. The number of nitrogens with two attached hydrogens (primary N) is 1. The van der Waals surface area contributed by atoms with E-state index in [-0.39, 0.29) is 6.04 Å². The summed E-state index contributed by atoms with van der Waals surface area (Å²) in [5, 5.41) is 11.2. The Morgan fingerprint density at radius 2 is 2.29 bits per heavy atom. The Morgan fingerprint density at radius 1 is 1.64 bits per heavy atom. The highest BCUT2D eigenvalue weighted by Gasteiger charge is 2.20. The molecule has 0 aliphatic carbocycles. The van der Waals surface area contributed by atoms with Gasteiger partial charge in [0.05, 0.1) is 6.61 Å². The molecular formula is C8H16N2O4. The summed E-state index contributed by atoms with van der Waals surface area (Å²) in [4.78, 5) is 19.7. The number of rotatable bonds is 2. The maximum Gasteiger partial charge on any atom is 0.404 e. The van der Waals surface area contributed by atoms with Crippen molar-refractivity contribution in [3.63, 3.8) is 0 Å². The standard InChI is InChI=1S/C5H9NO2.C3H7NO2/c7-5(8)4-2-1-3-6-4;1-2-6-3(4)5/h4,6H,1-3H2,(H,7,8);2H2,1H3,(H2,4,5)/t4-;/m0./s1. The van der Waals surface area contributed by atoms with Gasteiger partial charge in [-0.15, -0.1) is 0 Å². The number of carbonyl (C=O) groups excluding carboxylic acids is 1. The summed E-state index contributed by atoms with van der Waals surface area (Å²) in [7, 11) is 0. The van der Waals surface area contributed by atoms with E-state index in [0.29, 0.717) is 6.61 Å². The van der Waals surface area contributed by atoms with Crippen molar-refractivity contribution in [1.29, 1.82) is 0 Å². The third kappa shape index (κ3) is 6.24. The van der Waals surface area contributed by atoms with E-state index in [1.807, 2.05) is 0 Å². The molecule has 1 heterocycles. The number of nitrogens with one attached hydrogen (secondary N) is 1. The molecule has 82 valence electrons. The van der Waals surface area contributed by atoms with Gasteiger partial charge in [0.25, 0.3) is 0 Å². The summed E-state index contributed by atoms with van der Waals surface area (Å²) in [6.45, 7) is 2.91. The zero-order valence-corrected chi connectivity index (χ0v) is 8.16. The van der Waals surface area contributed by atoms with Crippen molar-refractivity contribution < 1.29 is 19.4 Å². The van der Waals surface area contributed by atoms with Gasteiger partial charge in [-0.1, -0.05) is 0 Å². The summed E-state index contributed by atoms with van der Waals surface area (Å²) in [5.41, 5.74) is 4.54. The molecular weight excluding hydrogens is 188 g/mol. The van der Waals surface area contributed by atoms with Crippen molar-refractivity contribution >= 4 is 12.1 Å². The lowest BCUT2D eigenvalue weighted by Crippen LogP contribution is -2.29. The fraction of sp³-hybridized carbons (Fsp3) is 0.750. The zero-order chi connectivity index (χ0) is 11.0. The van der Waals surface area contributed by atoms with Gasteiger partial charge in [0.15, 0.2) is 0 Å². The Morgan fingerprint density at radius 3 is 2.43 bits per heavy atom. The SMILES string of the molecule is CCOC(N)=O.O=C(O)[C@@H]1CCCN1. The zero-order valence-electron chi connectivity index (χ0n) is 8.16. The second-order valence-electron chi connectivity index (χ2n) is 2.74. The number of carboxylic acids is 1. The second-order valence-corrected chi connectivity index (χ2v) is 2.74. The molecule has 1 atom stereocenters. The smallest absolute Gasteiger partial charge is 0.404 e. The predicted octanol–water partition coefficient (Wildman–Crippen LogP) is -0.0754. The molecule has 6 heteroatoms. The molecule has 0 aromatic carbocycles. The van der Waals surface area contributed by atoms with E-state index in [2.05, 4.69) is 15.8 Å². The predicted molar refractivity (Wildman–Crippen MR) is 49.9 cm³/mol. The monoisotopic (exact) mass is 204 g/mol. The number of hydrogen-bond acceptors (Lipinski definition) is 4. The molecule has 1 rings (SSSR count). The van der Waals surface area contributed by atoms with Crippen molar-refractivity contribution in [2.75, 3.05) is 13.2 Å². The van der Waals surface area contributed by atoms with E-state index in [9.17, 15) is 9.59 Å². The molecule has 1 fully saturated rings. The van der Waals surface area contributed by atoms with E-state index < -0.39 is 12.1 Å². The van der Waals surface area contributed by atoms with Gasteiger partial charge in [-0.05, 0) is 26.3 Å². The van der Waals surface area contributed by atoms with E-state index >= 15 is 0 Å². The minimum Gasteiger partial charge on any atom is -0.480 e. The molecule has 1 amide bonds. The summed E-state index contributed by atoms with van der Waals surface area (Å²) in [6.07, 6.45) is 1.07. The number of carbonyl (C=O) groups is 2. The molecule has 0 spiro atoms. The quantitative estimate of drug-likeness (QED) is 0.584. The van der Waals surface area contributed by atoms with Crippen LogP contribution in [0.25, 0.3) is 0 Å². The van der Waals surface area contributed by atoms with Gasteiger partial charge in [0.1, 0.15) is 6.04 Å². The first-order chi connectivity index (χ1) is 6.57. The van der Waals surface area contributed by atoms with Crippen LogP contribution in [-0.2, 0) is 9.53 Å². The van der Waals surface area contributed by atoms with Gasteiger partial charge in [-0.25, -0.2) is 4.79 Å². The van der Waals surface area contributed by atoms with E-state index in [1.54, 1.807) is 6.92 Å². The molecule has 0 unspecified atom stereocenters. The van der Waals surface area contributed by atoms with Crippen LogP contribution in [0.15, 0.2) is 0 Å². The topological polar surface area (TPSA) is 102 Å². The average Bonchev–Trinajstić information content (AvgIpc) is 2.56. The lowest BCUT2D eigenvalue weighted by molar-refractivity contribution is -0.139. The average molecular weight is 204 g/mol. The Hall–Kier alpha value is -1.30. The first-order valence-corrected chi connectivity index (χ1v) is 4.46. The van der Waals surface area contributed by atoms with Crippen molar-refractivity contribution in [2.45, 2.75) is 25.8 Å². The lowest BCUT2D eigenvalue weighted by Gasteiger charge is -1.99. The summed E-state index contributed by atoms with van der Waals surface area (Å²) < 4.78 is 4.18. The van der Waals surface area contributed by atoms with Gasteiger partial charge in [-0.2, -0.15) is 0 Å². The summed E-state index contributed by atoms with van der Waals surface area (Å²) in [6, 6.07) is -0.269.